The van der Waals surface area contributed by atoms with Crippen LogP contribution in [0.15, 0.2) is 6.07 Å². The fourth-order valence-corrected chi connectivity index (χ4v) is 2.22. The Hall–Kier alpha value is -1.36. The van der Waals surface area contributed by atoms with Crippen LogP contribution >= 0.6 is 0 Å². The molecular formula is C15H29N5. The number of nitrogens with one attached hydrogen (secondary N) is 2. The first-order valence-corrected chi connectivity index (χ1v) is 7.30. The van der Waals surface area contributed by atoms with Crippen LogP contribution in [0.4, 0.5) is 11.8 Å². The molecule has 0 aliphatic carbocycles. The fourth-order valence-electron chi connectivity index (χ4n) is 2.22. The van der Waals surface area contributed by atoms with Crippen molar-refractivity contribution in [1.29, 1.82) is 0 Å². The van der Waals surface area contributed by atoms with Crippen molar-refractivity contribution in [3.8, 4) is 0 Å². The maximum absolute atomic E-state index is 4.51. The Morgan fingerprint density at radius 1 is 1.20 bits per heavy atom. The number of aromatic nitrogens is 2. The van der Waals surface area contributed by atoms with Gasteiger partial charge in [0.15, 0.2) is 0 Å². The normalized spacial score (nSPS) is 11.8. The quantitative estimate of drug-likeness (QED) is 0.766. The van der Waals surface area contributed by atoms with E-state index in [9.17, 15) is 0 Å². The molecule has 0 unspecified atom stereocenters. The zero-order chi connectivity index (χ0) is 15.2. The zero-order valence-electron chi connectivity index (χ0n) is 13.7. The molecule has 0 spiro atoms. The number of aryl methyl sites for hydroxylation is 1. The average Bonchev–Trinajstić information content (AvgIpc) is 2.32. The second-order valence-corrected chi connectivity index (χ2v) is 6.40. The summed E-state index contributed by atoms with van der Waals surface area (Å²) in [6.07, 6.45) is 1.07. The van der Waals surface area contributed by atoms with Gasteiger partial charge >= 0.3 is 0 Å². The van der Waals surface area contributed by atoms with Crippen LogP contribution in [-0.4, -0.2) is 48.6 Å². The van der Waals surface area contributed by atoms with Gasteiger partial charge in [-0.2, -0.15) is 4.98 Å². The van der Waals surface area contributed by atoms with E-state index >= 15 is 0 Å². The third-order valence-corrected chi connectivity index (χ3v) is 2.88. The highest BCUT2D eigenvalue weighted by Gasteiger charge is 2.18. The van der Waals surface area contributed by atoms with Crippen LogP contribution in [0.25, 0.3) is 0 Å². The first-order chi connectivity index (χ1) is 9.32. The molecular weight excluding hydrogens is 250 g/mol. The molecule has 1 aromatic rings. The first-order valence-electron chi connectivity index (χ1n) is 7.30. The molecule has 0 aliphatic heterocycles. The molecule has 2 N–H and O–H groups in total. The lowest BCUT2D eigenvalue weighted by Gasteiger charge is -2.28. The summed E-state index contributed by atoms with van der Waals surface area (Å²) in [5.41, 5.74) is 1.17. The van der Waals surface area contributed by atoms with Crippen LogP contribution in [0.5, 0.6) is 0 Å². The minimum absolute atomic E-state index is 0.194. The van der Waals surface area contributed by atoms with E-state index in [2.05, 4.69) is 60.4 Å². The Morgan fingerprint density at radius 2 is 1.90 bits per heavy atom. The van der Waals surface area contributed by atoms with Gasteiger partial charge in [0, 0.05) is 31.4 Å². The summed E-state index contributed by atoms with van der Waals surface area (Å²) in [7, 11) is 4.20. The average molecular weight is 279 g/mol. The van der Waals surface area contributed by atoms with Gasteiger partial charge in [-0.15, -0.1) is 0 Å². The summed E-state index contributed by atoms with van der Waals surface area (Å²) >= 11 is 0. The van der Waals surface area contributed by atoms with Crippen molar-refractivity contribution in [2.45, 2.75) is 34.1 Å². The lowest BCUT2D eigenvalue weighted by molar-refractivity contribution is 0.254. The third kappa shape index (κ3) is 6.19. The molecule has 0 saturated carbocycles. The van der Waals surface area contributed by atoms with Crippen molar-refractivity contribution in [2.75, 3.05) is 44.4 Å². The molecule has 0 bridgehead atoms. The molecule has 0 aliphatic rings. The molecule has 0 fully saturated rings. The monoisotopic (exact) mass is 279 g/mol. The topological polar surface area (TPSA) is 53.1 Å². The number of rotatable bonds is 8. The second kappa shape index (κ2) is 7.43. The van der Waals surface area contributed by atoms with E-state index in [0.717, 1.165) is 37.6 Å². The molecule has 0 atom stereocenters. The first kappa shape index (κ1) is 16.7. The van der Waals surface area contributed by atoms with Crippen LogP contribution in [0.1, 0.15) is 32.9 Å². The molecule has 0 saturated heterocycles. The van der Waals surface area contributed by atoms with Gasteiger partial charge in [0.2, 0.25) is 5.95 Å². The lowest BCUT2D eigenvalue weighted by atomic mass is 9.93. The number of hydrogen-bond donors (Lipinski definition) is 2. The van der Waals surface area contributed by atoms with Crippen molar-refractivity contribution in [3.05, 3.63) is 11.8 Å². The maximum atomic E-state index is 4.51. The largest absolute Gasteiger partial charge is 0.369 e. The summed E-state index contributed by atoms with van der Waals surface area (Å²) in [4.78, 5) is 11.1. The Balaban J connectivity index is 2.65. The van der Waals surface area contributed by atoms with Crippen LogP contribution in [0.2, 0.25) is 0 Å². The van der Waals surface area contributed by atoms with E-state index in [0.29, 0.717) is 5.95 Å². The Labute approximate surface area is 123 Å². The molecule has 20 heavy (non-hydrogen) atoms. The fraction of sp³-hybridized carbons (Fsp3) is 0.733. The molecule has 114 valence electrons. The van der Waals surface area contributed by atoms with Crippen molar-refractivity contribution in [2.24, 2.45) is 5.41 Å². The van der Waals surface area contributed by atoms with Gasteiger partial charge in [-0.3, -0.25) is 0 Å². The molecule has 0 aromatic carbocycles. The van der Waals surface area contributed by atoms with Crippen LogP contribution in [-0.2, 0) is 0 Å². The highest BCUT2D eigenvalue weighted by Crippen LogP contribution is 2.18. The minimum atomic E-state index is 0.194. The maximum Gasteiger partial charge on any atom is 0.224 e. The van der Waals surface area contributed by atoms with Crippen molar-refractivity contribution < 1.29 is 0 Å². The predicted octanol–water partition coefficient (Wildman–Crippen LogP) is 2.61. The van der Waals surface area contributed by atoms with E-state index < -0.39 is 0 Å². The van der Waals surface area contributed by atoms with Gasteiger partial charge in [0.1, 0.15) is 5.82 Å². The van der Waals surface area contributed by atoms with Gasteiger partial charge in [0.05, 0.1) is 0 Å². The van der Waals surface area contributed by atoms with E-state index in [1.165, 1.54) is 0 Å². The van der Waals surface area contributed by atoms with Crippen molar-refractivity contribution in [1.82, 2.24) is 14.9 Å². The summed E-state index contributed by atoms with van der Waals surface area (Å²) in [6, 6.07) is 1.99. The second-order valence-electron chi connectivity index (χ2n) is 6.40. The van der Waals surface area contributed by atoms with Crippen LogP contribution in [0.3, 0.4) is 0 Å². The molecule has 0 radical (unpaired) electrons. The number of hydrogen-bond acceptors (Lipinski definition) is 5. The smallest absolute Gasteiger partial charge is 0.224 e. The predicted molar refractivity (Wildman–Crippen MR) is 86.4 cm³/mol. The standard InChI is InChI=1S/C15H29N5/c1-7-8-16-14-18-12(2)9-13(19-14)17-10-15(3,4)11-20(5)6/h9H,7-8,10-11H2,1-6H3,(H2,16,17,18,19). The Kier molecular flexibility index (Phi) is 6.20. The van der Waals surface area contributed by atoms with Gasteiger partial charge in [-0.25, -0.2) is 4.98 Å². The molecule has 5 nitrogen and oxygen atoms in total. The molecule has 1 rings (SSSR count). The molecule has 0 amide bonds. The lowest BCUT2D eigenvalue weighted by Crippen LogP contribution is -2.34. The highest BCUT2D eigenvalue weighted by atomic mass is 15.1. The summed E-state index contributed by atoms with van der Waals surface area (Å²) < 4.78 is 0. The van der Waals surface area contributed by atoms with Gasteiger partial charge in [-0.05, 0) is 32.9 Å². The Bertz CT molecular complexity index is 415. The summed E-state index contributed by atoms with van der Waals surface area (Å²) in [5, 5.41) is 6.66. The molecule has 5 heteroatoms. The SMILES string of the molecule is CCCNc1nc(C)cc(NCC(C)(C)CN(C)C)n1. The van der Waals surface area contributed by atoms with Gasteiger partial charge in [0.25, 0.3) is 0 Å². The Morgan fingerprint density at radius 3 is 2.50 bits per heavy atom. The minimum Gasteiger partial charge on any atom is -0.369 e. The van der Waals surface area contributed by atoms with Gasteiger partial charge in [-0.1, -0.05) is 20.8 Å². The van der Waals surface area contributed by atoms with Crippen molar-refractivity contribution in [3.63, 3.8) is 0 Å². The number of nitrogens with zero attached hydrogens (tertiary/aromatic N) is 3. The summed E-state index contributed by atoms with van der Waals surface area (Å²) in [6.45, 7) is 11.4. The molecule has 1 heterocycles. The van der Waals surface area contributed by atoms with E-state index in [1.54, 1.807) is 0 Å². The highest BCUT2D eigenvalue weighted by molar-refractivity contribution is 5.42. The summed E-state index contributed by atoms with van der Waals surface area (Å²) in [5.74, 6) is 1.60. The van der Waals surface area contributed by atoms with E-state index in [4.69, 9.17) is 0 Å². The molecule has 1 aromatic heterocycles. The van der Waals surface area contributed by atoms with Crippen molar-refractivity contribution >= 4 is 11.8 Å². The van der Waals surface area contributed by atoms with Crippen LogP contribution in [0, 0.1) is 12.3 Å². The van der Waals surface area contributed by atoms with Crippen LogP contribution < -0.4 is 10.6 Å². The van der Waals surface area contributed by atoms with E-state index in [-0.39, 0.29) is 5.41 Å². The number of anilines is 2. The van der Waals surface area contributed by atoms with Gasteiger partial charge < -0.3 is 15.5 Å². The van der Waals surface area contributed by atoms with E-state index in [1.807, 2.05) is 13.0 Å². The zero-order valence-corrected chi connectivity index (χ0v) is 13.7. The third-order valence-electron chi connectivity index (χ3n) is 2.88.